The van der Waals surface area contributed by atoms with Crippen LogP contribution in [0.5, 0.6) is 0 Å². The molecule has 2 aliphatic heterocycles. The second-order valence-corrected chi connectivity index (χ2v) is 8.60. The van der Waals surface area contributed by atoms with Crippen molar-refractivity contribution in [2.24, 2.45) is 23.0 Å². The largest absolute Gasteiger partial charge is 0.481 e. The first-order valence-electron chi connectivity index (χ1n) is 10.2. The topological polar surface area (TPSA) is 156 Å². The molecule has 0 radical (unpaired) electrons. The quantitative estimate of drug-likeness (QED) is 0.462. The highest BCUT2D eigenvalue weighted by molar-refractivity contribution is 5.89. The molecule has 2 amide bonds. The number of carbonyl (C=O) groups excluding carboxylic acids is 2. The number of nitro benzene ring substituents is 1. The van der Waals surface area contributed by atoms with Crippen molar-refractivity contribution >= 4 is 29.0 Å². The molecule has 2 fully saturated rings. The molecule has 4 atom stereocenters. The summed E-state index contributed by atoms with van der Waals surface area (Å²) in [5, 5.41) is 23.6. The molecule has 1 spiro atoms. The summed E-state index contributed by atoms with van der Waals surface area (Å²) in [6.07, 6.45) is 3.29. The number of hydrogen-bond acceptors (Lipinski definition) is 6. The van der Waals surface area contributed by atoms with Crippen molar-refractivity contribution in [1.82, 2.24) is 10.2 Å². The van der Waals surface area contributed by atoms with Crippen molar-refractivity contribution in [1.29, 1.82) is 0 Å². The molecule has 10 heteroatoms. The van der Waals surface area contributed by atoms with Crippen LogP contribution in [0.2, 0.25) is 0 Å². The van der Waals surface area contributed by atoms with E-state index >= 15 is 0 Å². The molecular formula is C21H24N4O6. The fraction of sp³-hybridized carbons (Fsp3) is 0.476. The molecule has 1 aromatic rings. The molecule has 4 N–H and O–H groups in total. The number of nitrogens with zero attached hydrogens (tertiary/aromatic N) is 2. The molecule has 4 rings (SSSR count). The van der Waals surface area contributed by atoms with Crippen molar-refractivity contribution in [3.63, 3.8) is 0 Å². The number of benzene rings is 1. The summed E-state index contributed by atoms with van der Waals surface area (Å²) >= 11 is 0. The minimum Gasteiger partial charge on any atom is -0.481 e. The highest BCUT2D eigenvalue weighted by Gasteiger charge is 2.62. The van der Waals surface area contributed by atoms with Crippen LogP contribution in [-0.4, -0.2) is 58.4 Å². The van der Waals surface area contributed by atoms with Gasteiger partial charge in [0.1, 0.15) is 6.04 Å². The molecular weight excluding hydrogens is 404 g/mol. The van der Waals surface area contributed by atoms with E-state index in [2.05, 4.69) is 5.32 Å². The lowest BCUT2D eigenvalue weighted by atomic mass is 9.80. The normalized spacial score (nSPS) is 29.9. The van der Waals surface area contributed by atoms with E-state index in [-0.39, 0.29) is 23.9 Å². The number of amides is 2. The predicted octanol–water partition coefficient (Wildman–Crippen LogP) is 0.765. The number of carboxylic acid groups (broad SMARTS) is 1. The van der Waals surface area contributed by atoms with Gasteiger partial charge in [0, 0.05) is 37.7 Å². The van der Waals surface area contributed by atoms with Gasteiger partial charge in [-0.1, -0.05) is 6.08 Å². The molecule has 1 aromatic carbocycles. The standard InChI is InChI=1S/C21H24N4O6/c22-18(26)16-10-21(16)9-15(20(28)29)17(23-11-21)19(27)24-7-5-13(6-8-24)12-1-3-14(4-2-12)25(30)31/h1-5,15-17,23H,6-11H2,(H2,22,26)(H,28,29). The number of non-ortho nitro benzene ring substituents is 1. The van der Waals surface area contributed by atoms with Gasteiger partial charge in [0.15, 0.2) is 0 Å². The number of piperidine rings is 1. The second-order valence-electron chi connectivity index (χ2n) is 8.60. The second kappa shape index (κ2) is 7.77. The van der Waals surface area contributed by atoms with Gasteiger partial charge in [-0.2, -0.15) is 0 Å². The Morgan fingerprint density at radius 1 is 1.23 bits per heavy atom. The summed E-state index contributed by atoms with van der Waals surface area (Å²) in [6, 6.07) is 5.43. The Labute approximate surface area is 178 Å². The monoisotopic (exact) mass is 428 g/mol. The van der Waals surface area contributed by atoms with Gasteiger partial charge in [0.2, 0.25) is 11.8 Å². The van der Waals surface area contributed by atoms with E-state index in [1.54, 1.807) is 17.0 Å². The number of carbonyl (C=O) groups is 3. The number of nitrogens with two attached hydrogens (primary N) is 1. The van der Waals surface area contributed by atoms with E-state index in [4.69, 9.17) is 5.73 Å². The third kappa shape index (κ3) is 3.90. The highest BCUT2D eigenvalue weighted by atomic mass is 16.6. The summed E-state index contributed by atoms with van der Waals surface area (Å²) in [7, 11) is 0. The van der Waals surface area contributed by atoms with Gasteiger partial charge < -0.3 is 21.1 Å². The Bertz CT molecular complexity index is 975. The van der Waals surface area contributed by atoms with E-state index in [0.29, 0.717) is 32.5 Å². The van der Waals surface area contributed by atoms with Crippen LogP contribution in [0, 0.1) is 27.4 Å². The van der Waals surface area contributed by atoms with Gasteiger partial charge in [-0.3, -0.25) is 24.5 Å². The van der Waals surface area contributed by atoms with Gasteiger partial charge in [-0.05, 0) is 47.9 Å². The average Bonchev–Trinajstić information content (AvgIpc) is 3.47. The Kier molecular flexibility index (Phi) is 5.26. The summed E-state index contributed by atoms with van der Waals surface area (Å²) < 4.78 is 0. The van der Waals surface area contributed by atoms with E-state index < -0.39 is 34.2 Å². The lowest BCUT2D eigenvalue weighted by Crippen LogP contribution is -2.58. The highest BCUT2D eigenvalue weighted by Crippen LogP contribution is 2.58. The summed E-state index contributed by atoms with van der Waals surface area (Å²) in [6.45, 7) is 1.17. The zero-order valence-electron chi connectivity index (χ0n) is 16.8. The molecule has 164 valence electrons. The fourth-order valence-corrected chi connectivity index (χ4v) is 4.87. The number of hydrogen-bond donors (Lipinski definition) is 3. The molecule has 10 nitrogen and oxygen atoms in total. The Morgan fingerprint density at radius 3 is 2.45 bits per heavy atom. The lowest BCUT2D eigenvalue weighted by molar-refractivity contribution is -0.384. The number of carboxylic acids is 1. The predicted molar refractivity (Wildman–Crippen MR) is 110 cm³/mol. The Hall–Kier alpha value is -3.27. The first-order chi connectivity index (χ1) is 14.7. The number of primary amides is 1. The molecule has 3 aliphatic rings. The SMILES string of the molecule is NC(=O)C1CC12CNC(C(=O)N1CC=C(c3ccc([N+](=O)[O-])cc3)CC1)C(C(=O)O)C2. The van der Waals surface area contributed by atoms with Crippen LogP contribution < -0.4 is 11.1 Å². The lowest BCUT2D eigenvalue weighted by Gasteiger charge is -2.38. The zero-order chi connectivity index (χ0) is 22.3. The van der Waals surface area contributed by atoms with Gasteiger partial charge >= 0.3 is 5.97 Å². The molecule has 2 heterocycles. The maximum Gasteiger partial charge on any atom is 0.308 e. The van der Waals surface area contributed by atoms with Crippen LogP contribution in [0.3, 0.4) is 0 Å². The number of rotatable bonds is 5. The van der Waals surface area contributed by atoms with Gasteiger partial charge in [-0.25, -0.2) is 0 Å². The van der Waals surface area contributed by atoms with Gasteiger partial charge in [-0.15, -0.1) is 0 Å². The van der Waals surface area contributed by atoms with E-state index in [9.17, 15) is 29.6 Å². The smallest absolute Gasteiger partial charge is 0.308 e. The van der Waals surface area contributed by atoms with Gasteiger partial charge in [0.05, 0.1) is 10.8 Å². The van der Waals surface area contributed by atoms with E-state index in [1.165, 1.54) is 12.1 Å². The zero-order valence-corrected chi connectivity index (χ0v) is 16.8. The number of nitro groups is 1. The van der Waals surface area contributed by atoms with Crippen molar-refractivity contribution in [2.45, 2.75) is 25.3 Å². The van der Waals surface area contributed by atoms with Crippen molar-refractivity contribution in [2.75, 3.05) is 19.6 Å². The van der Waals surface area contributed by atoms with Gasteiger partial charge in [0.25, 0.3) is 5.69 Å². The number of nitrogens with one attached hydrogen (secondary N) is 1. The summed E-state index contributed by atoms with van der Waals surface area (Å²) in [5.41, 5.74) is 6.82. The average molecular weight is 428 g/mol. The van der Waals surface area contributed by atoms with Crippen LogP contribution in [-0.2, 0) is 14.4 Å². The maximum absolute atomic E-state index is 13.1. The molecule has 4 unspecified atom stereocenters. The molecule has 1 saturated carbocycles. The summed E-state index contributed by atoms with van der Waals surface area (Å²) in [5.74, 6) is -2.99. The van der Waals surface area contributed by atoms with Crippen molar-refractivity contribution < 1.29 is 24.4 Å². The Balaban J connectivity index is 1.42. The molecule has 1 aliphatic carbocycles. The maximum atomic E-state index is 13.1. The molecule has 0 bridgehead atoms. The molecule has 0 aromatic heterocycles. The minimum atomic E-state index is -1.06. The third-order valence-electron chi connectivity index (χ3n) is 6.79. The van der Waals surface area contributed by atoms with Crippen LogP contribution in [0.25, 0.3) is 5.57 Å². The van der Waals surface area contributed by atoms with Crippen LogP contribution in [0.15, 0.2) is 30.3 Å². The summed E-state index contributed by atoms with van der Waals surface area (Å²) in [4.78, 5) is 48.4. The van der Waals surface area contributed by atoms with Crippen LogP contribution in [0.1, 0.15) is 24.8 Å². The number of aliphatic carboxylic acids is 1. The third-order valence-corrected chi connectivity index (χ3v) is 6.79. The first kappa shape index (κ1) is 21.0. The Morgan fingerprint density at radius 2 is 1.94 bits per heavy atom. The first-order valence-corrected chi connectivity index (χ1v) is 10.2. The van der Waals surface area contributed by atoms with E-state index in [0.717, 1.165) is 11.1 Å². The van der Waals surface area contributed by atoms with Crippen LogP contribution >= 0.6 is 0 Å². The molecule has 31 heavy (non-hydrogen) atoms. The van der Waals surface area contributed by atoms with Crippen LogP contribution in [0.4, 0.5) is 5.69 Å². The molecule has 1 saturated heterocycles. The fourth-order valence-electron chi connectivity index (χ4n) is 4.87. The minimum absolute atomic E-state index is 0.0204. The van der Waals surface area contributed by atoms with Crippen molar-refractivity contribution in [3.8, 4) is 0 Å². The van der Waals surface area contributed by atoms with Crippen molar-refractivity contribution in [3.05, 3.63) is 46.0 Å². The van der Waals surface area contributed by atoms with E-state index in [1.807, 2.05) is 6.08 Å².